The maximum Gasteiger partial charge on any atom is 0.123 e. The summed E-state index contributed by atoms with van der Waals surface area (Å²) in [6, 6.07) is 6.87. The molecular formula is C16H27FN2O. The molecule has 0 aliphatic heterocycles. The Morgan fingerprint density at radius 2 is 1.80 bits per heavy atom. The molecule has 4 heteroatoms. The normalized spacial score (nSPS) is 13.2. The summed E-state index contributed by atoms with van der Waals surface area (Å²) in [7, 11) is 1.71. The van der Waals surface area contributed by atoms with Gasteiger partial charge in [-0.05, 0) is 30.5 Å². The van der Waals surface area contributed by atoms with Crippen LogP contribution in [0.15, 0.2) is 24.3 Å². The van der Waals surface area contributed by atoms with Gasteiger partial charge in [0.25, 0.3) is 0 Å². The summed E-state index contributed by atoms with van der Waals surface area (Å²) in [6.07, 6.45) is 2.19. The van der Waals surface area contributed by atoms with Gasteiger partial charge in [-0.2, -0.15) is 0 Å². The molecule has 1 atom stereocenters. The van der Waals surface area contributed by atoms with Crippen molar-refractivity contribution >= 4 is 0 Å². The van der Waals surface area contributed by atoms with Crippen molar-refractivity contribution < 1.29 is 9.13 Å². The zero-order chi connectivity index (χ0) is 15.0. The highest BCUT2D eigenvalue weighted by atomic mass is 19.1. The third-order valence-corrected chi connectivity index (χ3v) is 3.77. The van der Waals surface area contributed by atoms with Crippen LogP contribution in [0.5, 0.6) is 0 Å². The van der Waals surface area contributed by atoms with Gasteiger partial charge < -0.3 is 10.5 Å². The predicted molar refractivity (Wildman–Crippen MR) is 81.1 cm³/mol. The van der Waals surface area contributed by atoms with Crippen LogP contribution in [0.1, 0.15) is 38.3 Å². The zero-order valence-corrected chi connectivity index (χ0v) is 12.8. The molecule has 20 heavy (non-hydrogen) atoms. The maximum absolute atomic E-state index is 12.9. The van der Waals surface area contributed by atoms with E-state index in [1.807, 2.05) is 0 Å². The number of ether oxygens (including phenoxy) is 1. The van der Waals surface area contributed by atoms with Gasteiger partial charge in [-0.25, -0.2) is 4.39 Å². The Morgan fingerprint density at radius 1 is 1.20 bits per heavy atom. The monoisotopic (exact) mass is 282 g/mol. The summed E-state index contributed by atoms with van der Waals surface area (Å²) in [5.74, 6) is -0.225. The van der Waals surface area contributed by atoms with E-state index < -0.39 is 0 Å². The minimum Gasteiger partial charge on any atom is -0.383 e. The zero-order valence-electron chi connectivity index (χ0n) is 12.8. The molecule has 0 saturated heterocycles. The van der Waals surface area contributed by atoms with Crippen LogP contribution in [0.25, 0.3) is 0 Å². The number of nitrogens with two attached hydrogens (primary N) is 1. The van der Waals surface area contributed by atoms with E-state index in [2.05, 4.69) is 18.7 Å². The average Bonchev–Trinajstić information content (AvgIpc) is 2.46. The van der Waals surface area contributed by atoms with Gasteiger partial charge in [-0.15, -0.1) is 0 Å². The van der Waals surface area contributed by atoms with Crippen LogP contribution >= 0.6 is 0 Å². The number of hydrogen-bond donors (Lipinski definition) is 1. The molecule has 3 nitrogen and oxygen atoms in total. The van der Waals surface area contributed by atoms with E-state index in [1.54, 1.807) is 19.2 Å². The summed E-state index contributed by atoms with van der Waals surface area (Å²) in [6.45, 7) is 6.72. The van der Waals surface area contributed by atoms with Crippen molar-refractivity contribution in [2.45, 2.75) is 38.8 Å². The first kappa shape index (κ1) is 17.1. The van der Waals surface area contributed by atoms with E-state index >= 15 is 0 Å². The van der Waals surface area contributed by atoms with Crippen molar-refractivity contribution in [1.29, 1.82) is 0 Å². The van der Waals surface area contributed by atoms with Crippen LogP contribution in [0.4, 0.5) is 4.39 Å². The van der Waals surface area contributed by atoms with Gasteiger partial charge in [0.05, 0.1) is 6.61 Å². The lowest BCUT2D eigenvalue weighted by atomic mass is 10.0. The molecule has 0 amide bonds. The van der Waals surface area contributed by atoms with E-state index in [1.165, 1.54) is 12.1 Å². The second kappa shape index (κ2) is 9.06. The number of methoxy groups -OCH3 is 1. The van der Waals surface area contributed by atoms with Crippen molar-refractivity contribution in [2.24, 2.45) is 5.73 Å². The van der Waals surface area contributed by atoms with Crippen LogP contribution in [0, 0.1) is 5.82 Å². The summed E-state index contributed by atoms with van der Waals surface area (Å²) in [4.78, 5) is 2.37. The molecule has 0 saturated carbocycles. The molecule has 0 fully saturated rings. The highest BCUT2D eigenvalue weighted by Gasteiger charge is 2.18. The Bertz CT molecular complexity index is 365. The third-order valence-electron chi connectivity index (χ3n) is 3.77. The molecule has 1 aromatic carbocycles. The number of nitrogens with zero attached hydrogens (tertiary/aromatic N) is 1. The van der Waals surface area contributed by atoms with Crippen molar-refractivity contribution in [3.05, 3.63) is 35.6 Å². The SMILES string of the molecule is CCC(CC)N(CCOC)CC(N)c1ccc(F)cc1. The Hall–Kier alpha value is -0.970. The quantitative estimate of drug-likeness (QED) is 0.757. The van der Waals surface area contributed by atoms with E-state index in [9.17, 15) is 4.39 Å². The van der Waals surface area contributed by atoms with E-state index in [0.29, 0.717) is 12.6 Å². The van der Waals surface area contributed by atoms with Gasteiger partial charge in [-0.3, -0.25) is 4.90 Å². The van der Waals surface area contributed by atoms with Crippen LogP contribution in [-0.2, 0) is 4.74 Å². The molecule has 0 aliphatic carbocycles. The smallest absolute Gasteiger partial charge is 0.123 e. The molecule has 0 heterocycles. The minimum atomic E-state index is -0.225. The lowest BCUT2D eigenvalue weighted by Gasteiger charge is -2.32. The fourth-order valence-electron chi connectivity index (χ4n) is 2.50. The number of halogens is 1. The molecule has 1 rings (SSSR count). The van der Waals surface area contributed by atoms with E-state index in [4.69, 9.17) is 10.5 Å². The Kier molecular flexibility index (Phi) is 7.73. The topological polar surface area (TPSA) is 38.5 Å². The summed E-state index contributed by atoms with van der Waals surface area (Å²) < 4.78 is 18.1. The number of hydrogen-bond acceptors (Lipinski definition) is 3. The van der Waals surface area contributed by atoms with Gasteiger partial charge in [0.1, 0.15) is 5.82 Å². The van der Waals surface area contributed by atoms with Crippen molar-refractivity contribution in [3.8, 4) is 0 Å². The highest BCUT2D eigenvalue weighted by molar-refractivity contribution is 5.19. The Morgan fingerprint density at radius 3 is 2.30 bits per heavy atom. The first-order chi connectivity index (χ1) is 9.62. The second-order valence-electron chi connectivity index (χ2n) is 5.12. The van der Waals surface area contributed by atoms with E-state index in [-0.39, 0.29) is 11.9 Å². The number of benzene rings is 1. The minimum absolute atomic E-state index is 0.104. The lowest BCUT2D eigenvalue weighted by Crippen LogP contribution is -2.41. The molecule has 0 spiro atoms. The summed E-state index contributed by atoms with van der Waals surface area (Å²) >= 11 is 0. The fraction of sp³-hybridized carbons (Fsp3) is 0.625. The van der Waals surface area contributed by atoms with Crippen LogP contribution in [-0.4, -0.2) is 37.7 Å². The summed E-state index contributed by atoms with van der Waals surface area (Å²) in [5.41, 5.74) is 7.23. The van der Waals surface area contributed by atoms with Gasteiger partial charge in [0, 0.05) is 32.3 Å². The molecule has 114 valence electrons. The van der Waals surface area contributed by atoms with Crippen molar-refractivity contribution in [3.63, 3.8) is 0 Å². The van der Waals surface area contributed by atoms with Crippen molar-refractivity contribution in [2.75, 3.05) is 26.8 Å². The fourth-order valence-corrected chi connectivity index (χ4v) is 2.50. The molecule has 0 bridgehead atoms. The third kappa shape index (κ3) is 5.19. The number of rotatable bonds is 9. The molecule has 0 aliphatic rings. The van der Waals surface area contributed by atoms with Gasteiger partial charge >= 0.3 is 0 Å². The Balaban J connectivity index is 2.69. The first-order valence-corrected chi connectivity index (χ1v) is 7.36. The molecule has 0 radical (unpaired) electrons. The van der Waals surface area contributed by atoms with Gasteiger partial charge in [0.2, 0.25) is 0 Å². The summed E-state index contributed by atoms with van der Waals surface area (Å²) in [5, 5.41) is 0. The molecule has 1 aromatic rings. The van der Waals surface area contributed by atoms with Crippen molar-refractivity contribution in [1.82, 2.24) is 4.90 Å². The molecular weight excluding hydrogens is 255 g/mol. The highest BCUT2D eigenvalue weighted by Crippen LogP contribution is 2.16. The molecule has 1 unspecified atom stereocenters. The standard InChI is InChI=1S/C16H27FN2O/c1-4-15(5-2)19(10-11-20-3)12-16(18)13-6-8-14(17)9-7-13/h6-9,15-16H,4-5,10-12,18H2,1-3H3. The maximum atomic E-state index is 12.9. The Labute approximate surface area is 121 Å². The predicted octanol–water partition coefficient (Wildman–Crippen LogP) is 2.96. The van der Waals surface area contributed by atoms with Crippen LogP contribution in [0.2, 0.25) is 0 Å². The average molecular weight is 282 g/mol. The van der Waals surface area contributed by atoms with Gasteiger partial charge in [0.15, 0.2) is 0 Å². The van der Waals surface area contributed by atoms with Gasteiger partial charge in [-0.1, -0.05) is 26.0 Å². The van der Waals surface area contributed by atoms with Crippen LogP contribution < -0.4 is 5.73 Å². The first-order valence-electron chi connectivity index (χ1n) is 7.36. The molecule has 2 N–H and O–H groups in total. The largest absolute Gasteiger partial charge is 0.383 e. The molecule has 0 aromatic heterocycles. The second-order valence-corrected chi connectivity index (χ2v) is 5.12. The van der Waals surface area contributed by atoms with E-state index in [0.717, 1.165) is 31.5 Å². The lowest BCUT2D eigenvalue weighted by molar-refractivity contribution is 0.110. The van der Waals surface area contributed by atoms with Crippen LogP contribution in [0.3, 0.4) is 0 Å².